The molecule has 0 saturated carbocycles. The Morgan fingerprint density at radius 1 is 0.552 bits per heavy atom. The Balaban J connectivity index is 7.64. The van der Waals surface area contributed by atoms with Gasteiger partial charge >= 0.3 is 24.5 Å². The van der Waals surface area contributed by atoms with Crippen molar-refractivity contribution in [3.8, 4) is 0 Å². The smallest absolute Gasteiger partial charge is 0.225 e. The molecule has 0 rings (SSSR count). The van der Waals surface area contributed by atoms with Crippen molar-refractivity contribution in [3.05, 3.63) is 0 Å². The lowest BCUT2D eigenvalue weighted by molar-refractivity contribution is -0.478. The predicted molar refractivity (Wildman–Crippen MR) is 60.3 cm³/mol. The van der Waals surface area contributed by atoms with E-state index in [1.54, 1.807) is 9.98 Å². The van der Waals surface area contributed by atoms with Crippen molar-refractivity contribution >= 4 is 12.2 Å². The van der Waals surface area contributed by atoms with E-state index < -0.39 is 54.5 Å². The van der Waals surface area contributed by atoms with Crippen LogP contribution in [-0.4, -0.2) is 61.3 Å². The zero-order chi connectivity index (χ0) is 23.7. The Hall–Kier alpha value is -2.22. The second-order valence-corrected chi connectivity index (χ2v) is 5.14. The van der Waals surface area contributed by atoms with Gasteiger partial charge in [0.1, 0.15) is 13.1 Å². The molecular formula is C11H4F14N2O2. The summed E-state index contributed by atoms with van der Waals surface area (Å²) in [7, 11) is 0. The summed E-state index contributed by atoms with van der Waals surface area (Å²) in [6.45, 7) is -6.87. The van der Waals surface area contributed by atoms with E-state index in [4.69, 9.17) is 0 Å². The number of carbonyl (C=O) groups excluding carboxylic acids is 2. The van der Waals surface area contributed by atoms with Gasteiger partial charge < -0.3 is 0 Å². The van der Waals surface area contributed by atoms with E-state index in [0.717, 1.165) is 0 Å². The molecule has 4 nitrogen and oxygen atoms in total. The third-order valence-electron chi connectivity index (χ3n) is 3.52. The number of halogens is 14. The summed E-state index contributed by atoms with van der Waals surface area (Å²) in [5.41, 5.74) is -15.2. The Morgan fingerprint density at radius 2 is 0.897 bits per heavy atom. The lowest BCUT2D eigenvalue weighted by Gasteiger charge is -2.49. The van der Waals surface area contributed by atoms with E-state index >= 15 is 0 Å². The fourth-order valence-electron chi connectivity index (χ4n) is 2.22. The standard InChI is InChI=1S/C11H4F14N2O2/c12-5(1-26-3-28,9(17,18)19)8(15,16)7(10(20,21)22,11(23,24)25)6(13,14)2-27-4-29/h1-2H2. The minimum Gasteiger partial charge on any atom is -0.225 e. The zero-order valence-electron chi connectivity index (χ0n) is 12.9. The molecule has 1 unspecified atom stereocenters. The van der Waals surface area contributed by atoms with Gasteiger partial charge in [0.05, 0.1) is 0 Å². The maximum Gasteiger partial charge on any atom is 0.430 e. The summed E-state index contributed by atoms with van der Waals surface area (Å²) >= 11 is 0. The van der Waals surface area contributed by atoms with Crippen LogP contribution in [0.1, 0.15) is 0 Å². The topological polar surface area (TPSA) is 58.9 Å². The minimum absolute atomic E-state index is 0.0169. The van der Waals surface area contributed by atoms with Crippen LogP contribution in [-0.2, 0) is 9.59 Å². The molecule has 0 radical (unpaired) electrons. The number of aliphatic imine (C=N–C) groups is 2. The average molecular weight is 462 g/mol. The number of nitrogens with zero attached hydrogens (tertiary/aromatic N) is 2. The van der Waals surface area contributed by atoms with Crippen molar-refractivity contribution in [1.82, 2.24) is 0 Å². The molecule has 0 aliphatic carbocycles. The van der Waals surface area contributed by atoms with Gasteiger partial charge in [-0.1, -0.05) is 0 Å². The number of alkyl halides is 14. The fraction of sp³-hybridized carbons (Fsp3) is 0.818. The first-order chi connectivity index (χ1) is 12.6. The molecule has 0 aromatic carbocycles. The summed E-state index contributed by atoms with van der Waals surface area (Å²) in [6, 6.07) is 0. The molecule has 0 N–H and O–H groups in total. The molecule has 0 saturated heterocycles. The normalized spacial score (nSPS) is 16.5. The third kappa shape index (κ3) is 3.82. The van der Waals surface area contributed by atoms with Gasteiger partial charge in [-0.15, -0.1) is 0 Å². The first-order valence-corrected chi connectivity index (χ1v) is 6.34. The highest BCUT2D eigenvalue weighted by atomic mass is 19.4. The first-order valence-electron chi connectivity index (χ1n) is 6.34. The van der Waals surface area contributed by atoms with Crippen molar-refractivity contribution < 1.29 is 71.1 Å². The van der Waals surface area contributed by atoms with E-state index in [2.05, 4.69) is 0 Å². The Morgan fingerprint density at radius 3 is 1.17 bits per heavy atom. The van der Waals surface area contributed by atoms with Crippen LogP contribution in [0.25, 0.3) is 0 Å². The van der Waals surface area contributed by atoms with Crippen molar-refractivity contribution in [2.45, 2.75) is 36.0 Å². The van der Waals surface area contributed by atoms with E-state index in [9.17, 15) is 71.1 Å². The van der Waals surface area contributed by atoms with E-state index in [1.165, 1.54) is 0 Å². The SMILES string of the molecule is O=C=NCC(F)(F)C(C(F)(F)F)(C(F)(F)F)C(F)(F)C(F)(CN=C=O)C(F)(F)F. The Labute approximate surface area is 149 Å². The van der Waals surface area contributed by atoms with Gasteiger partial charge in [-0.2, -0.15) is 44.5 Å². The van der Waals surface area contributed by atoms with Crippen molar-refractivity contribution in [3.63, 3.8) is 0 Å². The van der Waals surface area contributed by atoms with Gasteiger partial charge in [-0.05, 0) is 0 Å². The maximum atomic E-state index is 14.2. The van der Waals surface area contributed by atoms with Crippen LogP contribution in [0.2, 0.25) is 0 Å². The second-order valence-electron chi connectivity index (χ2n) is 5.14. The quantitative estimate of drug-likeness (QED) is 0.322. The molecule has 0 aromatic rings. The minimum atomic E-state index is -8.10. The van der Waals surface area contributed by atoms with Crippen molar-refractivity contribution in [2.75, 3.05) is 13.1 Å². The highest BCUT2D eigenvalue weighted by Gasteiger charge is 2.97. The highest BCUT2D eigenvalue weighted by Crippen LogP contribution is 2.70. The van der Waals surface area contributed by atoms with Gasteiger partial charge in [0.25, 0.3) is 17.0 Å². The molecule has 0 aliphatic rings. The van der Waals surface area contributed by atoms with Crippen LogP contribution in [0.5, 0.6) is 0 Å². The summed E-state index contributed by atoms with van der Waals surface area (Å²) in [4.78, 5) is 22.6. The van der Waals surface area contributed by atoms with Gasteiger partial charge in [-0.3, -0.25) is 0 Å². The molecule has 0 heterocycles. The van der Waals surface area contributed by atoms with Crippen molar-refractivity contribution in [1.29, 1.82) is 0 Å². The van der Waals surface area contributed by atoms with Crippen molar-refractivity contribution in [2.24, 2.45) is 15.4 Å². The van der Waals surface area contributed by atoms with E-state index in [1.807, 2.05) is 0 Å². The average Bonchev–Trinajstić information content (AvgIpc) is 2.45. The lowest BCUT2D eigenvalue weighted by Crippen LogP contribution is -2.78. The first kappa shape index (κ1) is 26.8. The van der Waals surface area contributed by atoms with Crippen LogP contribution < -0.4 is 0 Å². The fourth-order valence-corrected chi connectivity index (χ4v) is 2.22. The number of hydrogen-bond acceptors (Lipinski definition) is 4. The van der Waals surface area contributed by atoms with Crippen LogP contribution in [0.15, 0.2) is 9.98 Å². The molecule has 0 fully saturated rings. The molecule has 18 heteroatoms. The van der Waals surface area contributed by atoms with Gasteiger partial charge in [0, 0.05) is 0 Å². The Kier molecular flexibility index (Phi) is 6.98. The molecule has 0 amide bonds. The molecule has 0 spiro atoms. The van der Waals surface area contributed by atoms with Crippen LogP contribution in [0.3, 0.4) is 0 Å². The predicted octanol–water partition coefficient (Wildman–Crippen LogP) is 4.31. The summed E-state index contributed by atoms with van der Waals surface area (Å²) in [6.07, 6.45) is -23.5. The number of rotatable bonds is 7. The number of hydrogen-bond donors (Lipinski definition) is 0. The van der Waals surface area contributed by atoms with Gasteiger partial charge in [0.2, 0.25) is 12.2 Å². The summed E-state index contributed by atoms with van der Waals surface area (Å²) in [5, 5.41) is 0. The number of isocyanates is 2. The summed E-state index contributed by atoms with van der Waals surface area (Å²) < 4.78 is 187. The largest absolute Gasteiger partial charge is 0.430 e. The molecule has 0 bridgehead atoms. The molecule has 1 atom stereocenters. The van der Waals surface area contributed by atoms with E-state index in [0.29, 0.717) is 0 Å². The van der Waals surface area contributed by atoms with Crippen LogP contribution in [0.4, 0.5) is 61.5 Å². The summed E-state index contributed by atoms with van der Waals surface area (Å²) in [5.74, 6) is -15.2. The molecular weight excluding hydrogens is 458 g/mol. The zero-order valence-corrected chi connectivity index (χ0v) is 12.9. The molecule has 0 aromatic heterocycles. The maximum absolute atomic E-state index is 14.2. The van der Waals surface area contributed by atoms with Gasteiger partial charge in [0.15, 0.2) is 0 Å². The van der Waals surface area contributed by atoms with E-state index in [-0.39, 0.29) is 12.2 Å². The molecule has 0 aliphatic heterocycles. The monoisotopic (exact) mass is 462 g/mol. The molecule has 29 heavy (non-hydrogen) atoms. The van der Waals surface area contributed by atoms with Gasteiger partial charge in [-0.25, -0.2) is 36.5 Å². The highest BCUT2D eigenvalue weighted by molar-refractivity contribution is 5.34. The Bertz CT molecular complexity index is 682. The molecule has 168 valence electrons. The lowest BCUT2D eigenvalue weighted by atomic mass is 9.67. The van der Waals surface area contributed by atoms with Crippen LogP contribution in [0, 0.1) is 5.41 Å². The van der Waals surface area contributed by atoms with Crippen LogP contribution >= 0.6 is 0 Å². The third-order valence-corrected chi connectivity index (χ3v) is 3.52. The second kappa shape index (κ2) is 7.55.